The molecule has 0 radical (unpaired) electrons. The molecule has 2 aromatic heterocycles. The highest BCUT2D eigenvalue weighted by molar-refractivity contribution is 7.07. The fourth-order valence-corrected chi connectivity index (χ4v) is 2.70. The van der Waals surface area contributed by atoms with Crippen LogP contribution in [0.3, 0.4) is 0 Å². The Morgan fingerprint density at radius 2 is 2.19 bits per heavy atom. The summed E-state index contributed by atoms with van der Waals surface area (Å²) in [6.07, 6.45) is 2.39. The van der Waals surface area contributed by atoms with Crippen molar-refractivity contribution in [2.24, 2.45) is 0 Å². The summed E-state index contributed by atoms with van der Waals surface area (Å²) in [5, 5.41) is 16.6. The first kappa shape index (κ1) is 15.4. The maximum Gasteiger partial charge on any atom is 0.356 e. The molecular formula is C15H19N3O2S. The first-order chi connectivity index (χ1) is 9.97. The van der Waals surface area contributed by atoms with Gasteiger partial charge in [-0.25, -0.2) is 14.8 Å². The van der Waals surface area contributed by atoms with Crippen LogP contribution in [0.15, 0.2) is 23.0 Å². The molecule has 0 aromatic carbocycles. The Morgan fingerprint density at radius 3 is 2.76 bits per heavy atom. The van der Waals surface area contributed by atoms with Gasteiger partial charge in [0.25, 0.3) is 0 Å². The van der Waals surface area contributed by atoms with Crippen molar-refractivity contribution in [3.8, 4) is 0 Å². The number of rotatable bonds is 6. The summed E-state index contributed by atoms with van der Waals surface area (Å²) in [6, 6.07) is 2.17. The fraction of sp³-hybridized carbons (Fsp3) is 0.400. The summed E-state index contributed by atoms with van der Waals surface area (Å²) in [5.74, 6) is -0.395. The van der Waals surface area contributed by atoms with Crippen LogP contribution in [0.2, 0.25) is 0 Å². The zero-order chi connectivity index (χ0) is 15.4. The standard InChI is InChI=1S/C15H19N3O2S/c1-9(2)14-16-7-12(13(18-14)15(19)20)17-10(3)6-11-4-5-21-8-11/h4-5,7-10,17H,6H2,1-3H3,(H,19,20). The van der Waals surface area contributed by atoms with E-state index >= 15 is 0 Å². The van der Waals surface area contributed by atoms with E-state index in [-0.39, 0.29) is 17.7 Å². The van der Waals surface area contributed by atoms with E-state index in [2.05, 4.69) is 26.7 Å². The number of carboxylic acids is 1. The third kappa shape index (κ3) is 4.01. The highest BCUT2D eigenvalue weighted by atomic mass is 32.1. The fourth-order valence-electron chi connectivity index (χ4n) is 2.02. The number of hydrogen-bond donors (Lipinski definition) is 2. The Hall–Kier alpha value is -1.95. The van der Waals surface area contributed by atoms with Crippen molar-refractivity contribution >= 4 is 23.0 Å². The lowest BCUT2D eigenvalue weighted by atomic mass is 10.1. The Morgan fingerprint density at radius 1 is 1.43 bits per heavy atom. The monoisotopic (exact) mass is 305 g/mol. The molecule has 2 aromatic rings. The SMILES string of the molecule is CC(Cc1ccsc1)Nc1cnc(C(C)C)nc1C(=O)O. The van der Waals surface area contributed by atoms with E-state index in [0.717, 1.165) is 6.42 Å². The topological polar surface area (TPSA) is 75.1 Å². The van der Waals surface area contributed by atoms with Gasteiger partial charge in [-0.05, 0) is 35.7 Å². The number of hydrogen-bond acceptors (Lipinski definition) is 5. The van der Waals surface area contributed by atoms with Crippen molar-refractivity contribution in [1.29, 1.82) is 0 Å². The second kappa shape index (κ2) is 6.67. The maximum absolute atomic E-state index is 11.4. The summed E-state index contributed by atoms with van der Waals surface area (Å²) < 4.78 is 0. The van der Waals surface area contributed by atoms with E-state index in [1.54, 1.807) is 17.5 Å². The molecule has 0 saturated heterocycles. The molecule has 0 saturated carbocycles. The van der Waals surface area contributed by atoms with Gasteiger partial charge in [0.05, 0.1) is 11.9 Å². The first-order valence-corrected chi connectivity index (χ1v) is 7.79. The van der Waals surface area contributed by atoms with Crippen molar-refractivity contribution in [3.05, 3.63) is 40.1 Å². The summed E-state index contributed by atoms with van der Waals surface area (Å²) in [7, 11) is 0. The maximum atomic E-state index is 11.4. The van der Waals surface area contributed by atoms with E-state index in [0.29, 0.717) is 11.5 Å². The highest BCUT2D eigenvalue weighted by Crippen LogP contribution is 2.18. The van der Waals surface area contributed by atoms with Gasteiger partial charge in [-0.3, -0.25) is 0 Å². The molecule has 0 fully saturated rings. The van der Waals surface area contributed by atoms with Gasteiger partial charge in [0.15, 0.2) is 5.69 Å². The van der Waals surface area contributed by atoms with Crippen LogP contribution in [0.4, 0.5) is 5.69 Å². The Labute approximate surface area is 128 Å². The van der Waals surface area contributed by atoms with Crippen LogP contribution < -0.4 is 5.32 Å². The number of anilines is 1. The lowest BCUT2D eigenvalue weighted by Crippen LogP contribution is -2.21. The first-order valence-electron chi connectivity index (χ1n) is 6.85. The number of thiophene rings is 1. The average molecular weight is 305 g/mol. The minimum atomic E-state index is -1.04. The minimum absolute atomic E-state index is 0.0332. The van der Waals surface area contributed by atoms with Crippen LogP contribution in [-0.2, 0) is 6.42 Å². The summed E-state index contributed by atoms with van der Waals surface area (Å²) in [6.45, 7) is 5.89. The van der Waals surface area contributed by atoms with Gasteiger partial charge >= 0.3 is 5.97 Å². The largest absolute Gasteiger partial charge is 0.476 e. The zero-order valence-electron chi connectivity index (χ0n) is 12.3. The van der Waals surface area contributed by atoms with Gasteiger partial charge in [-0.2, -0.15) is 11.3 Å². The van der Waals surface area contributed by atoms with Crippen LogP contribution in [-0.4, -0.2) is 27.1 Å². The molecule has 2 heterocycles. The smallest absolute Gasteiger partial charge is 0.356 e. The Bertz CT molecular complexity index is 611. The van der Waals surface area contributed by atoms with Gasteiger partial charge in [0, 0.05) is 12.0 Å². The van der Waals surface area contributed by atoms with Crippen LogP contribution in [0, 0.1) is 0 Å². The van der Waals surface area contributed by atoms with Crippen molar-refractivity contribution in [2.45, 2.75) is 39.2 Å². The number of carboxylic acid groups (broad SMARTS) is 1. The molecule has 5 nitrogen and oxygen atoms in total. The normalized spacial score (nSPS) is 12.4. The number of carbonyl (C=O) groups is 1. The average Bonchev–Trinajstić information content (AvgIpc) is 2.91. The van der Waals surface area contributed by atoms with E-state index in [9.17, 15) is 9.90 Å². The predicted molar refractivity (Wildman–Crippen MR) is 84.2 cm³/mol. The summed E-state index contributed by atoms with van der Waals surface area (Å²) in [4.78, 5) is 19.8. The van der Waals surface area contributed by atoms with E-state index < -0.39 is 5.97 Å². The van der Waals surface area contributed by atoms with E-state index in [1.807, 2.05) is 26.2 Å². The van der Waals surface area contributed by atoms with Gasteiger partial charge in [-0.1, -0.05) is 13.8 Å². The number of aromatic nitrogens is 2. The molecular weight excluding hydrogens is 286 g/mol. The molecule has 0 spiro atoms. The number of nitrogens with one attached hydrogen (secondary N) is 1. The van der Waals surface area contributed by atoms with Crippen molar-refractivity contribution < 1.29 is 9.90 Å². The molecule has 0 aliphatic heterocycles. The van der Waals surface area contributed by atoms with Crippen LogP contribution in [0.5, 0.6) is 0 Å². The predicted octanol–water partition coefficient (Wildman–Crippen LogP) is 3.40. The third-order valence-corrected chi connectivity index (χ3v) is 3.78. The molecule has 0 aliphatic rings. The molecule has 6 heteroatoms. The molecule has 1 atom stereocenters. The molecule has 0 bridgehead atoms. The van der Waals surface area contributed by atoms with Crippen molar-refractivity contribution in [2.75, 3.05) is 5.32 Å². The molecule has 2 N–H and O–H groups in total. The third-order valence-electron chi connectivity index (χ3n) is 3.05. The Balaban J connectivity index is 2.16. The molecule has 2 rings (SSSR count). The summed E-state index contributed by atoms with van der Waals surface area (Å²) >= 11 is 1.65. The second-order valence-electron chi connectivity index (χ2n) is 5.33. The Kier molecular flexibility index (Phi) is 4.90. The molecule has 21 heavy (non-hydrogen) atoms. The van der Waals surface area contributed by atoms with E-state index in [4.69, 9.17) is 0 Å². The molecule has 112 valence electrons. The molecule has 0 aliphatic carbocycles. The molecule has 0 amide bonds. The number of nitrogens with zero attached hydrogens (tertiary/aromatic N) is 2. The van der Waals surface area contributed by atoms with Gasteiger partial charge in [0.2, 0.25) is 0 Å². The van der Waals surface area contributed by atoms with Crippen LogP contribution in [0.25, 0.3) is 0 Å². The highest BCUT2D eigenvalue weighted by Gasteiger charge is 2.17. The van der Waals surface area contributed by atoms with Crippen molar-refractivity contribution in [3.63, 3.8) is 0 Å². The van der Waals surface area contributed by atoms with Crippen LogP contribution in [0.1, 0.15) is 48.6 Å². The zero-order valence-corrected chi connectivity index (χ0v) is 13.1. The van der Waals surface area contributed by atoms with Crippen LogP contribution >= 0.6 is 11.3 Å². The quantitative estimate of drug-likeness (QED) is 0.855. The van der Waals surface area contributed by atoms with Gasteiger partial charge < -0.3 is 10.4 Å². The molecule has 1 unspecified atom stereocenters. The second-order valence-corrected chi connectivity index (χ2v) is 6.11. The summed E-state index contributed by atoms with van der Waals surface area (Å²) in [5.41, 5.74) is 1.73. The lowest BCUT2D eigenvalue weighted by molar-refractivity contribution is 0.0691. The van der Waals surface area contributed by atoms with Crippen molar-refractivity contribution in [1.82, 2.24) is 9.97 Å². The lowest BCUT2D eigenvalue weighted by Gasteiger charge is -2.16. The van der Waals surface area contributed by atoms with Gasteiger partial charge in [0.1, 0.15) is 5.82 Å². The number of aromatic carboxylic acids is 1. The van der Waals surface area contributed by atoms with E-state index in [1.165, 1.54) is 5.56 Å². The minimum Gasteiger partial charge on any atom is -0.476 e. The van der Waals surface area contributed by atoms with Gasteiger partial charge in [-0.15, -0.1) is 0 Å².